The number of carboxylic acids is 1. The molecule has 0 saturated carbocycles. The molecule has 17 heavy (non-hydrogen) atoms. The number of carbonyl (C=O) groups is 2. The van der Waals surface area contributed by atoms with Crippen LogP contribution in [0, 0.1) is 0 Å². The van der Waals surface area contributed by atoms with Crippen LogP contribution in [-0.2, 0) is 9.59 Å². The third-order valence-electron chi connectivity index (χ3n) is 1.81. The molecule has 0 saturated heterocycles. The fourth-order valence-electron chi connectivity index (χ4n) is 1.09. The van der Waals surface area contributed by atoms with Gasteiger partial charge >= 0.3 is 5.97 Å². The zero-order valence-corrected chi connectivity index (χ0v) is 10.2. The van der Waals surface area contributed by atoms with E-state index >= 15 is 0 Å². The molecule has 0 aromatic carbocycles. The lowest BCUT2D eigenvalue weighted by Crippen LogP contribution is -2.19. The molecular weight excluding hydrogens is 238 g/mol. The standard InChI is InChI=1S/C12H13NO3S/c1-9(14)13-6-2-3-10-7-11(17-8-10)4-5-12(15)16/h2-5,7-8H,6H2,1H3,(H,13,14)(H,15,16)/b3-2?,5-4+. The van der Waals surface area contributed by atoms with Crippen LogP contribution < -0.4 is 5.32 Å². The van der Waals surface area contributed by atoms with E-state index in [2.05, 4.69) is 5.32 Å². The SMILES string of the molecule is CC(=O)NCC=Cc1csc(/C=C/C(=O)O)c1. The molecule has 1 aromatic rings. The molecule has 0 spiro atoms. The lowest BCUT2D eigenvalue weighted by molar-refractivity contribution is -0.131. The number of carbonyl (C=O) groups excluding carboxylic acids is 1. The summed E-state index contributed by atoms with van der Waals surface area (Å²) in [7, 11) is 0. The lowest BCUT2D eigenvalue weighted by Gasteiger charge is -1.93. The number of aliphatic carboxylic acids is 1. The predicted molar refractivity (Wildman–Crippen MR) is 68.7 cm³/mol. The summed E-state index contributed by atoms with van der Waals surface area (Å²) < 4.78 is 0. The van der Waals surface area contributed by atoms with Crippen LogP contribution in [0.25, 0.3) is 12.2 Å². The van der Waals surface area contributed by atoms with Crippen molar-refractivity contribution >= 4 is 35.4 Å². The van der Waals surface area contributed by atoms with E-state index in [0.29, 0.717) is 6.54 Å². The molecule has 1 aromatic heterocycles. The number of nitrogens with one attached hydrogen (secondary N) is 1. The van der Waals surface area contributed by atoms with Crippen molar-refractivity contribution in [2.24, 2.45) is 0 Å². The van der Waals surface area contributed by atoms with Crippen molar-refractivity contribution in [2.75, 3.05) is 6.54 Å². The van der Waals surface area contributed by atoms with Crippen LogP contribution in [0.1, 0.15) is 17.4 Å². The first-order chi connectivity index (χ1) is 8.08. The second kappa shape index (κ2) is 6.65. The van der Waals surface area contributed by atoms with Crippen molar-refractivity contribution in [3.63, 3.8) is 0 Å². The van der Waals surface area contributed by atoms with E-state index in [-0.39, 0.29) is 5.91 Å². The van der Waals surface area contributed by atoms with Crippen LogP contribution in [0.2, 0.25) is 0 Å². The molecule has 2 N–H and O–H groups in total. The first-order valence-electron chi connectivity index (χ1n) is 4.98. The Balaban J connectivity index is 2.50. The van der Waals surface area contributed by atoms with Crippen molar-refractivity contribution in [1.29, 1.82) is 0 Å². The molecule has 0 unspecified atom stereocenters. The van der Waals surface area contributed by atoms with Gasteiger partial charge < -0.3 is 10.4 Å². The minimum atomic E-state index is -0.957. The van der Waals surface area contributed by atoms with Crippen molar-refractivity contribution < 1.29 is 14.7 Å². The van der Waals surface area contributed by atoms with Gasteiger partial charge in [0.15, 0.2) is 0 Å². The van der Waals surface area contributed by atoms with Crippen LogP contribution in [0.5, 0.6) is 0 Å². The Hall–Kier alpha value is -1.88. The number of amides is 1. The first-order valence-corrected chi connectivity index (χ1v) is 5.86. The third-order valence-corrected chi connectivity index (χ3v) is 2.73. The second-order valence-electron chi connectivity index (χ2n) is 3.29. The lowest BCUT2D eigenvalue weighted by atomic mass is 10.2. The van der Waals surface area contributed by atoms with Gasteiger partial charge in [0.05, 0.1) is 0 Å². The average molecular weight is 251 g/mol. The maximum absolute atomic E-state index is 10.6. The highest BCUT2D eigenvalue weighted by atomic mass is 32.1. The highest BCUT2D eigenvalue weighted by molar-refractivity contribution is 7.11. The normalized spacial score (nSPS) is 11.1. The van der Waals surface area contributed by atoms with Gasteiger partial charge in [-0.25, -0.2) is 4.79 Å². The first kappa shape index (κ1) is 13.2. The summed E-state index contributed by atoms with van der Waals surface area (Å²) in [6.07, 6.45) is 6.38. The quantitative estimate of drug-likeness (QED) is 0.786. The summed E-state index contributed by atoms with van der Waals surface area (Å²) >= 11 is 1.47. The average Bonchev–Trinajstić information content (AvgIpc) is 2.69. The van der Waals surface area contributed by atoms with Crippen molar-refractivity contribution in [3.05, 3.63) is 34.0 Å². The smallest absolute Gasteiger partial charge is 0.328 e. The topological polar surface area (TPSA) is 66.4 Å². The molecule has 0 bridgehead atoms. The molecule has 1 amide bonds. The number of hydrogen-bond donors (Lipinski definition) is 2. The monoisotopic (exact) mass is 251 g/mol. The largest absolute Gasteiger partial charge is 0.478 e. The Morgan fingerprint density at radius 2 is 2.24 bits per heavy atom. The molecule has 1 heterocycles. The molecule has 90 valence electrons. The summed E-state index contributed by atoms with van der Waals surface area (Å²) in [6, 6.07) is 1.88. The Morgan fingerprint density at radius 3 is 2.88 bits per heavy atom. The molecule has 0 radical (unpaired) electrons. The fourth-order valence-corrected chi connectivity index (χ4v) is 1.86. The molecule has 5 heteroatoms. The Morgan fingerprint density at radius 1 is 1.47 bits per heavy atom. The van der Waals surface area contributed by atoms with Gasteiger partial charge in [0.2, 0.25) is 5.91 Å². The van der Waals surface area contributed by atoms with Gasteiger partial charge in [-0.1, -0.05) is 12.2 Å². The Labute approximate surface area is 103 Å². The number of rotatable bonds is 5. The van der Waals surface area contributed by atoms with E-state index in [9.17, 15) is 9.59 Å². The second-order valence-corrected chi connectivity index (χ2v) is 4.24. The molecule has 0 aliphatic heterocycles. The zero-order valence-electron chi connectivity index (χ0n) is 9.34. The third kappa shape index (κ3) is 5.67. The maximum atomic E-state index is 10.6. The summed E-state index contributed by atoms with van der Waals surface area (Å²) in [5.74, 6) is -1.02. The molecule has 0 aliphatic carbocycles. The van der Waals surface area contributed by atoms with Crippen LogP contribution in [0.4, 0.5) is 0 Å². The van der Waals surface area contributed by atoms with E-state index < -0.39 is 5.97 Å². The summed E-state index contributed by atoms with van der Waals surface area (Å²) in [5.41, 5.74) is 0.991. The Bertz CT molecular complexity index is 460. The van der Waals surface area contributed by atoms with Gasteiger partial charge in [-0.15, -0.1) is 11.3 Å². The van der Waals surface area contributed by atoms with Crippen LogP contribution in [0.3, 0.4) is 0 Å². The molecule has 0 fully saturated rings. The molecule has 1 rings (SSSR count). The van der Waals surface area contributed by atoms with Crippen molar-refractivity contribution in [2.45, 2.75) is 6.92 Å². The minimum absolute atomic E-state index is 0.0648. The van der Waals surface area contributed by atoms with Gasteiger partial charge in [0, 0.05) is 24.4 Å². The van der Waals surface area contributed by atoms with Gasteiger partial charge in [-0.2, -0.15) is 0 Å². The number of thiophene rings is 1. The number of hydrogen-bond acceptors (Lipinski definition) is 3. The molecule has 0 aliphatic rings. The fraction of sp³-hybridized carbons (Fsp3) is 0.167. The van der Waals surface area contributed by atoms with Gasteiger partial charge in [0.1, 0.15) is 0 Å². The van der Waals surface area contributed by atoms with E-state index in [1.165, 1.54) is 18.3 Å². The Kier molecular flexibility index (Phi) is 5.16. The molecular formula is C12H13NO3S. The van der Waals surface area contributed by atoms with Gasteiger partial charge in [0.25, 0.3) is 0 Å². The van der Waals surface area contributed by atoms with Gasteiger partial charge in [-0.3, -0.25) is 4.79 Å². The summed E-state index contributed by atoms with van der Waals surface area (Å²) in [6.45, 7) is 1.96. The number of carboxylic acid groups (broad SMARTS) is 1. The van der Waals surface area contributed by atoms with Crippen molar-refractivity contribution in [3.8, 4) is 0 Å². The van der Waals surface area contributed by atoms with Crippen LogP contribution in [0.15, 0.2) is 23.6 Å². The maximum Gasteiger partial charge on any atom is 0.328 e. The van der Waals surface area contributed by atoms with E-state index in [1.807, 2.05) is 23.6 Å². The highest BCUT2D eigenvalue weighted by Gasteiger charge is 1.94. The summed E-state index contributed by atoms with van der Waals surface area (Å²) in [4.78, 5) is 21.8. The van der Waals surface area contributed by atoms with Crippen LogP contribution >= 0.6 is 11.3 Å². The predicted octanol–water partition coefficient (Wildman–Crippen LogP) is 2.00. The summed E-state index contributed by atoms with van der Waals surface area (Å²) in [5, 5.41) is 13.0. The van der Waals surface area contributed by atoms with E-state index in [0.717, 1.165) is 16.5 Å². The van der Waals surface area contributed by atoms with E-state index in [4.69, 9.17) is 5.11 Å². The van der Waals surface area contributed by atoms with E-state index in [1.54, 1.807) is 6.08 Å². The zero-order chi connectivity index (χ0) is 12.7. The van der Waals surface area contributed by atoms with Gasteiger partial charge in [-0.05, 0) is 23.1 Å². The molecule has 4 nitrogen and oxygen atoms in total. The van der Waals surface area contributed by atoms with Crippen LogP contribution in [-0.4, -0.2) is 23.5 Å². The molecule has 0 atom stereocenters. The van der Waals surface area contributed by atoms with Crippen molar-refractivity contribution in [1.82, 2.24) is 5.32 Å². The highest BCUT2D eigenvalue weighted by Crippen LogP contribution is 2.17. The minimum Gasteiger partial charge on any atom is -0.478 e.